The number of thioether (sulfide) groups is 1. The van der Waals surface area contributed by atoms with E-state index in [0.29, 0.717) is 25.7 Å². The van der Waals surface area contributed by atoms with Crippen LogP contribution < -0.4 is 5.32 Å². The smallest absolute Gasteiger partial charge is 0.268 e. The summed E-state index contributed by atoms with van der Waals surface area (Å²) in [4.78, 5) is 17.8. The summed E-state index contributed by atoms with van der Waals surface area (Å²) in [5.41, 5.74) is 2.45. The number of rotatable bonds is 8. The van der Waals surface area contributed by atoms with Gasteiger partial charge in [0.05, 0.1) is 0 Å². The van der Waals surface area contributed by atoms with Crippen LogP contribution in [0.25, 0.3) is 0 Å². The molecule has 1 aliphatic rings. The first-order valence-electron chi connectivity index (χ1n) is 10.1. The van der Waals surface area contributed by atoms with E-state index < -0.39 is 10.0 Å². The minimum atomic E-state index is -3.57. The zero-order valence-corrected chi connectivity index (χ0v) is 19.4. The first-order chi connectivity index (χ1) is 14.3. The van der Waals surface area contributed by atoms with E-state index in [9.17, 15) is 13.2 Å². The Bertz CT molecular complexity index is 966. The molecule has 2 N–H and O–H groups in total. The fourth-order valence-corrected chi connectivity index (χ4v) is 5.77. The Balaban J connectivity index is 1.65. The summed E-state index contributed by atoms with van der Waals surface area (Å²) in [5.74, 6) is 1.27. The fourth-order valence-electron chi connectivity index (χ4n) is 3.20. The first-order valence-corrected chi connectivity index (χ1v) is 12.7. The summed E-state index contributed by atoms with van der Waals surface area (Å²) < 4.78 is 27.0. The van der Waals surface area contributed by atoms with Crippen LogP contribution in [0.2, 0.25) is 0 Å². The molecule has 164 valence electrons. The van der Waals surface area contributed by atoms with Gasteiger partial charge in [-0.25, -0.2) is 8.42 Å². The second-order valence-electron chi connectivity index (χ2n) is 7.73. The minimum Gasteiger partial charge on any atom is -0.356 e. The lowest BCUT2D eigenvalue weighted by atomic mass is 10.1. The highest BCUT2D eigenvalue weighted by Crippen LogP contribution is 2.21. The van der Waals surface area contributed by atoms with Crippen molar-refractivity contribution in [2.24, 2.45) is 0 Å². The molecule has 0 radical (unpaired) electrons. The molecule has 1 amide bonds. The average molecular weight is 451 g/mol. The Labute approximate surface area is 183 Å². The molecule has 1 saturated heterocycles. The fraction of sp³-hybridized carbons (Fsp3) is 0.476. The van der Waals surface area contributed by atoms with E-state index in [1.165, 1.54) is 16.6 Å². The van der Waals surface area contributed by atoms with Crippen molar-refractivity contribution in [1.82, 2.24) is 19.5 Å². The summed E-state index contributed by atoms with van der Waals surface area (Å²) in [5, 5.41) is 2.90. The van der Waals surface area contributed by atoms with Crippen molar-refractivity contribution < 1.29 is 13.2 Å². The van der Waals surface area contributed by atoms with Crippen molar-refractivity contribution in [1.29, 1.82) is 0 Å². The van der Waals surface area contributed by atoms with Crippen molar-refractivity contribution in [3.8, 4) is 0 Å². The zero-order valence-electron chi connectivity index (χ0n) is 17.7. The number of carbonyl (C=O) groups is 1. The molecule has 2 heterocycles. The molecule has 3 rings (SSSR count). The van der Waals surface area contributed by atoms with Gasteiger partial charge in [-0.3, -0.25) is 9.69 Å². The molecule has 1 aliphatic heterocycles. The van der Waals surface area contributed by atoms with Gasteiger partial charge in [0.2, 0.25) is 10.0 Å². The monoisotopic (exact) mass is 450 g/mol. The SMILES string of the molecule is CC(C)N(C)Cc1ccccc1CNC(=O)c1cc(S(=O)(=O)N2CCSCC2)c[nH]1. The molecule has 0 bridgehead atoms. The summed E-state index contributed by atoms with van der Waals surface area (Å²) in [7, 11) is -1.50. The Morgan fingerprint density at radius 1 is 1.23 bits per heavy atom. The topological polar surface area (TPSA) is 85.5 Å². The van der Waals surface area contributed by atoms with E-state index in [-0.39, 0.29) is 16.5 Å². The lowest BCUT2D eigenvalue weighted by molar-refractivity contribution is 0.0946. The van der Waals surface area contributed by atoms with E-state index in [1.807, 2.05) is 18.2 Å². The van der Waals surface area contributed by atoms with Crippen molar-refractivity contribution in [2.45, 2.75) is 37.9 Å². The highest BCUT2D eigenvalue weighted by Gasteiger charge is 2.27. The number of nitrogens with zero attached hydrogens (tertiary/aromatic N) is 2. The number of carbonyl (C=O) groups excluding carboxylic acids is 1. The Morgan fingerprint density at radius 3 is 2.57 bits per heavy atom. The number of aromatic nitrogens is 1. The third kappa shape index (κ3) is 5.46. The van der Waals surface area contributed by atoms with Gasteiger partial charge in [0.15, 0.2) is 0 Å². The molecule has 0 saturated carbocycles. The number of nitrogens with one attached hydrogen (secondary N) is 2. The van der Waals surface area contributed by atoms with Gasteiger partial charge in [0.1, 0.15) is 10.6 Å². The molecular formula is C21H30N4O3S2. The number of H-pyrrole nitrogens is 1. The van der Waals surface area contributed by atoms with E-state index in [1.54, 1.807) is 11.8 Å². The van der Waals surface area contributed by atoms with Crippen LogP contribution in [-0.2, 0) is 23.1 Å². The molecule has 1 fully saturated rings. The second-order valence-corrected chi connectivity index (χ2v) is 10.9. The number of aromatic amines is 1. The quantitative estimate of drug-likeness (QED) is 0.646. The maximum Gasteiger partial charge on any atom is 0.268 e. The molecule has 9 heteroatoms. The number of benzene rings is 1. The number of amides is 1. The molecule has 1 aromatic heterocycles. The normalized spacial score (nSPS) is 15.6. The van der Waals surface area contributed by atoms with E-state index >= 15 is 0 Å². The summed E-state index contributed by atoms with van der Waals surface area (Å²) >= 11 is 1.75. The predicted octanol–water partition coefficient (Wildman–Crippen LogP) is 2.52. The maximum atomic E-state index is 12.8. The number of hydrogen-bond acceptors (Lipinski definition) is 5. The average Bonchev–Trinajstić information content (AvgIpc) is 3.25. The largest absolute Gasteiger partial charge is 0.356 e. The molecule has 7 nitrogen and oxygen atoms in total. The van der Waals surface area contributed by atoms with Gasteiger partial charge in [-0.05, 0) is 38.1 Å². The van der Waals surface area contributed by atoms with Crippen LogP contribution in [0.1, 0.15) is 35.5 Å². The van der Waals surface area contributed by atoms with Crippen LogP contribution >= 0.6 is 11.8 Å². The van der Waals surface area contributed by atoms with Crippen LogP contribution in [0.3, 0.4) is 0 Å². The summed E-state index contributed by atoms with van der Waals surface area (Å²) in [6, 6.07) is 9.86. The molecule has 0 unspecified atom stereocenters. The van der Waals surface area contributed by atoms with Gasteiger partial charge in [0, 0.05) is 49.9 Å². The third-order valence-corrected chi connectivity index (χ3v) is 8.19. The van der Waals surface area contributed by atoms with Gasteiger partial charge >= 0.3 is 0 Å². The van der Waals surface area contributed by atoms with Gasteiger partial charge in [-0.2, -0.15) is 16.1 Å². The Hall–Kier alpha value is -1.81. The van der Waals surface area contributed by atoms with Crippen LogP contribution in [-0.4, -0.2) is 66.2 Å². The Morgan fingerprint density at radius 2 is 1.90 bits per heavy atom. The highest BCUT2D eigenvalue weighted by atomic mass is 32.2. The molecular weight excluding hydrogens is 420 g/mol. The van der Waals surface area contributed by atoms with Crippen LogP contribution in [0, 0.1) is 0 Å². The highest BCUT2D eigenvalue weighted by molar-refractivity contribution is 7.99. The van der Waals surface area contributed by atoms with Gasteiger partial charge in [-0.1, -0.05) is 24.3 Å². The first kappa shape index (κ1) is 22.9. The van der Waals surface area contributed by atoms with Crippen LogP contribution in [0.4, 0.5) is 0 Å². The van der Waals surface area contributed by atoms with Gasteiger partial charge < -0.3 is 10.3 Å². The van der Waals surface area contributed by atoms with Crippen molar-refractivity contribution in [3.63, 3.8) is 0 Å². The number of sulfonamides is 1. The minimum absolute atomic E-state index is 0.138. The third-order valence-electron chi connectivity index (χ3n) is 5.37. The lowest BCUT2D eigenvalue weighted by Crippen LogP contribution is -2.37. The van der Waals surface area contributed by atoms with E-state index in [2.05, 4.69) is 42.2 Å². The standard InChI is InChI=1S/C21H30N4O3S2/c1-16(2)24(3)15-18-7-5-4-6-17(18)13-23-21(26)20-12-19(14-22-20)30(27,28)25-8-10-29-11-9-25/h4-7,12,14,16,22H,8-11,13,15H2,1-3H3,(H,23,26). The van der Waals surface area contributed by atoms with Gasteiger partial charge in [0.25, 0.3) is 5.91 Å². The molecule has 30 heavy (non-hydrogen) atoms. The maximum absolute atomic E-state index is 12.8. The zero-order chi connectivity index (χ0) is 21.7. The van der Waals surface area contributed by atoms with Crippen LogP contribution in [0.5, 0.6) is 0 Å². The van der Waals surface area contributed by atoms with Crippen molar-refractivity contribution in [2.75, 3.05) is 31.6 Å². The number of hydrogen-bond donors (Lipinski definition) is 2. The van der Waals surface area contributed by atoms with Crippen molar-refractivity contribution in [3.05, 3.63) is 53.3 Å². The lowest BCUT2D eigenvalue weighted by Gasteiger charge is -2.24. The van der Waals surface area contributed by atoms with Crippen molar-refractivity contribution >= 4 is 27.7 Å². The van der Waals surface area contributed by atoms with E-state index in [0.717, 1.165) is 29.2 Å². The molecule has 1 aromatic carbocycles. The van der Waals surface area contributed by atoms with E-state index in [4.69, 9.17) is 0 Å². The summed E-state index contributed by atoms with van der Waals surface area (Å²) in [6.45, 7) is 6.46. The Kier molecular flexibility index (Phi) is 7.62. The molecule has 2 aromatic rings. The van der Waals surface area contributed by atoms with Crippen LogP contribution in [0.15, 0.2) is 41.4 Å². The summed E-state index contributed by atoms with van der Waals surface area (Å²) in [6.07, 6.45) is 1.40. The molecule has 0 spiro atoms. The van der Waals surface area contributed by atoms with Gasteiger partial charge in [-0.15, -0.1) is 0 Å². The molecule has 0 aliphatic carbocycles. The second kappa shape index (κ2) is 10.00. The molecule has 0 atom stereocenters. The predicted molar refractivity (Wildman–Crippen MR) is 121 cm³/mol.